The van der Waals surface area contributed by atoms with Crippen molar-refractivity contribution in [1.29, 1.82) is 0 Å². The molecule has 1 fully saturated rings. The summed E-state index contributed by atoms with van der Waals surface area (Å²) in [5.74, 6) is 1.87. The fourth-order valence-corrected chi connectivity index (χ4v) is 7.10. The Kier molecular flexibility index (Phi) is 6.95. The molecule has 0 radical (unpaired) electrons. The Bertz CT molecular complexity index is 1640. The Morgan fingerprint density at radius 3 is 2.20 bits per heavy atom. The Morgan fingerprint density at radius 2 is 1.60 bits per heavy atom. The quantitative estimate of drug-likeness (QED) is 0.248. The SMILES string of the molecule is CCNc1nncn1[C@@H]1C[C@@H](n2cnnc2NCC)c2c1cc(S(=O)(=O)NCC(C)C)c1cc(C3CC3)ncc21. The van der Waals surface area contributed by atoms with Gasteiger partial charge in [-0.3, -0.25) is 14.1 Å². The molecule has 0 amide bonds. The largest absolute Gasteiger partial charge is 0.355 e. The maximum atomic E-state index is 13.8. The summed E-state index contributed by atoms with van der Waals surface area (Å²) in [6.07, 6.45) is 8.11. The van der Waals surface area contributed by atoms with Crippen LogP contribution in [0.4, 0.5) is 11.9 Å². The molecular formula is C27H36N10O2S. The first-order valence-corrected chi connectivity index (χ1v) is 15.5. The number of nitrogens with zero attached hydrogens (tertiary/aromatic N) is 7. The van der Waals surface area contributed by atoms with Crippen molar-refractivity contribution in [3.63, 3.8) is 0 Å². The molecule has 1 aromatic carbocycles. The summed E-state index contributed by atoms with van der Waals surface area (Å²) in [5.41, 5.74) is 2.87. The van der Waals surface area contributed by atoms with Crippen molar-refractivity contribution >= 4 is 32.7 Å². The molecule has 12 nitrogen and oxygen atoms in total. The standard InChI is InChI=1S/C27H36N10O2S/c1-5-28-26-34-31-14-36(26)22-11-23(37-15-32-35-27(37)29-6-2)25-19(22)10-24(40(38,39)33-12-16(3)4)18-9-21(17-7-8-17)30-13-20(18)25/h9-10,13-17,22-23,33H,5-8,11-12H2,1-4H3,(H,28,34)(H,29,35)/t22-,23-/m1/s1. The highest BCUT2D eigenvalue weighted by atomic mass is 32.2. The van der Waals surface area contributed by atoms with Crippen molar-refractivity contribution in [1.82, 2.24) is 39.2 Å². The molecule has 3 aromatic heterocycles. The van der Waals surface area contributed by atoms with E-state index in [0.717, 1.165) is 35.0 Å². The van der Waals surface area contributed by atoms with E-state index < -0.39 is 10.0 Å². The van der Waals surface area contributed by atoms with Crippen molar-refractivity contribution < 1.29 is 8.42 Å². The van der Waals surface area contributed by atoms with Gasteiger partial charge in [0.25, 0.3) is 0 Å². The third kappa shape index (κ3) is 4.70. The number of hydrogen-bond donors (Lipinski definition) is 3. The highest BCUT2D eigenvalue weighted by molar-refractivity contribution is 7.89. The van der Waals surface area contributed by atoms with Crippen LogP contribution in [0.2, 0.25) is 0 Å². The first kappa shape index (κ1) is 26.6. The van der Waals surface area contributed by atoms with E-state index in [1.807, 2.05) is 55.2 Å². The fraction of sp³-hybridized carbons (Fsp3) is 0.519. The summed E-state index contributed by atoms with van der Waals surface area (Å²) in [5, 5.41) is 25.1. The number of pyridine rings is 1. The lowest BCUT2D eigenvalue weighted by molar-refractivity contribution is 0.491. The van der Waals surface area contributed by atoms with Gasteiger partial charge < -0.3 is 10.6 Å². The Hall–Kier alpha value is -3.58. The molecule has 1 saturated carbocycles. The predicted molar refractivity (Wildman–Crippen MR) is 153 cm³/mol. The summed E-state index contributed by atoms with van der Waals surface area (Å²) in [6, 6.07) is 3.47. The van der Waals surface area contributed by atoms with Crippen molar-refractivity contribution in [2.24, 2.45) is 5.92 Å². The molecule has 2 aliphatic carbocycles. The normalized spacial score (nSPS) is 18.9. The maximum Gasteiger partial charge on any atom is 0.241 e. The minimum Gasteiger partial charge on any atom is -0.355 e. The lowest BCUT2D eigenvalue weighted by atomic mass is 9.98. The highest BCUT2D eigenvalue weighted by Gasteiger charge is 2.39. The molecule has 0 spiro atoms. The molecule has 3 heterocycles. The van der Waals surface area contributed by atoms with Gasteiger partial charge in [-0.1, -0.05) is 13.8 Å². The molecule has 0 unspecified atom stereocenters. The van der Waals surface area contributed by atoms with Crippen molar-refractivity contribution in [2.75, 3.05) is 30.3 Å². The Labute approximate surface area is 234 Å². The molecule has 0 bridgehead atoms. The fourth-order valence-electron chi connectivity index (χ4n) is 5.65. The van der Waals surface area contributed by atoms with Gasteiger partial charge in [0.15, 0.2) is 0 Å². The zero-order valence-electron chi connectivity index (χ0n) is 23.3. The zero-order valence-corrected chi connectivity index (χ0v) is 24.1. The van der Waals surface area contributed by atoms with Gasteiger partial charge in [0.2, 0.25) is 21.9 Å². The number of aromatic nitrogens is 7. The molecule has 2 atom stereocenters. The minimum absolute atomic E-state index is 0.155. The molecule has 4 aromatic rings. The van der Waals surface area contributed by atoms with Gasteiger partial charge in [0, 0.05) is 48.2 Å². The first-order chi connectivity index (χ1) is 19.3. The number of rotatable bonds is 11. The second-order valence-corrected chi connectivity index (χ2v) is 12.7. The maximum absolute atomic E-state index is 13.8. The average Bonchev–Trinajstić information content (AvgIpc) is 3.32. The van der Waals surface area contributed by atoms with E-state index >= 15 is 0 Å². The Balaban J connectivity index is 1.61. The predicted octanol–water partition coefficient (Wildman–Crippen LogP) is 3.68. The molecule has 3 N–H and O–H groups in total. The molecular weight excluding hydrogens is 528 g/mol. The molecule has 2 aliphatic rings. The van der Waals surface area contributed by atoms with Gasteiger partial charge in [0.1, 0.15) is 12.7 Å². The van der Waals surface area contributed by atoms with Crippen LogP contribution >= 0.6 is 0 Å². The Morgan fingerprint density at radius 1 is 0.950 bits per heavy atom. The number of fused-ring (bicyclic) bond motifs is 3. The number of anilines is 2. The number of hydrogen-bond acceptors (Lipinski definition) is 9. The van der Waals surface area contributed by atoms with Crippen molar-refractivity contribution in [3.05, 3.63) is 47.8 Å². The smallest absolute Gasteiger partial charge is 0.241 e. The topological polar surface area (TPSA) is 145 Å². The van der Waals surface area contributed by atoms with Crippen LogP contribution in [0.1, 0.15) is 81.8 Å². The van der Waals surface area contributed by atoms with Gasteiger partial charge in [-0.05, 0) is 62.3 Å². The van der Waals surface area contributed by atoms with Crippen LogP contribution in [0.25, 0.3) is 10.8 Å². The molecule has 212 valence electrons. The van der Waals surface area contributed by atoms with Crippen LogP contribution in [0.5, 0.6) is 0 Å². The minimum atomic E-state index is -3.80. The third-order valence-electron chi connectivity index (χ3n) is 7.67. The summed E-state index contributed by atoms with van der Waals surface area (Å²) < 4.78 is 34.6. The van der Waals surface area contributed by atoms with E-state index in [9.17, 15) is 8.42 Å². The summed E-state index contributed by atoms with van der Waals surface area (Å²) >= 11 is 0. The number of nitrogens with one attached hydrogen (secondary N) is 3. The monoisotopic (exact) mass is 564 g/mol. The second-order valence-electron chi connectivity index (χ2n) is 11.0. The van der Waals surface area contributed by atoms with Gasteiger partial charge in [-0.25, -0.2) is 13.1 Å². The molecule has 40 heavy (non-hydrogen) atoms. The number of sulfonamides is 1. The second kappa shape index (κ2) is 10.4. The number of benzene rings is 1. The van der Waals surface area contributed by atoms with E-state index in [1.165, 1.54) is 0 Å². The van der Waals surface area contributed by atoms with Crippen LogP contribution in [0, 0.1) is 5.92 Å². The molecule has 13 heteroatoms. The van der Waals surface area contributed by atoms with Crippen LogP contribution in [-0.2, 0) is 10.0 Å². The lowest BCUT2D eigenvalue weighted by Gasteiger charge is -2.20. The van der Waals surface area contributed by atoms with E-state index in [0.29, 0.717) is 49.3 Å². The van der Waals surface area contributed by atoms with Crippen LogP contribution < -0.4 is 15.4 Å². The molecule has 6 rings (SSSR count). The van der Waals surface area contributed by atoms with E-state index in [1.54, 1.807) is 12.7 Å². The summed E-state index contributed by atoms with van der Waals surface area (Å²) in [6.45, 7) is 9.75. The van der Waals surface area contributed by atoms with Crippen LogP contribution in [0.15, 0.2) is 35.9 Å². The van der Waals surface area contributed by atoms with Gasteiger partial charge in [-0.2, -0.15) is 0 Å². The van der Waals surface area contributed by atoms with Crippen molar-refractivity contribution in [3.8, 4) is 0 Å². The zero-order chi connectivity index (χ0) is 28.0. The van der Waals surface area contributed by atoms with Gasteiger partial charge >= 0.3 is 0 Å². The molecule has 0 aliphatic heterocycles. The lowest BCUT2D eigenvalue weighted by Crippen LogP contribution is -2.28. The van der Waals surface area contributed by atoms with E-state index in [4.69, 9.17) is 4.98 Å². The van der Waals surface area contributed by atoms with Crippen LogP contribution in [0.3, 0.4) is 0 Å². The third-order valence-corrected chi connectivity index (χ3v) is 9.13. The van der Waals surface area contributed by atoms with Gasteiger partial charge in [-0.15, -0.1) is 20.4 Å². The first-order valence-electron chi connectivity index (χ1n) is 14.0. The molecule has 0 saturated heterocycles. The van der Waals surface area contributed by atoms with E-state index in [-0.39, 0.29) is 22.9 Å². The summed E-state index contributed by atoms with van der Waals surface area (Å²) in [4.78, 5) is 5.12. The van der Waals surface area contributed by atoms with E-state index in [2.05, 4.69) is 35.8 Å². The summed E-state index contributed by atoms with van der Waals surface area (Å²) in [7, 11) is -3.80. The van der Waals surface area contributed by atoms with Gasteiger partial charge in [0.05, 0.1) is 17.0 Å². The van der Waals surface area contributed by atoms with Crippen molar-refractivity contribution in [2.45, 2.75) is 69.9 Å². The average molecular weight is 565 g/mol. The van der Waals surface area contributed by atoms with Crippen LogP contribution in [-0.4, -0.2) is 62.6 Å². The highest BCUT2D eigenvalue weighted by Crippen LogP contribution is 2.50.